The highest BCUT2D eigenvalue weighted by Gasteiger charge is 2.29. The van der Waals surface area contributed by atoms with E-state index in [2.05, 4.69) is 13.8 Å². The van der Waals surface area contributed by atoms with Gasteiger partial charge in [-0.1, -0.05) is 71.9 Å². The van der Waals surface area contributed by atoms with Crippen LogP contribution in [0.2, 0.25) is 0 Å². The van der Waals surface area contributed by atoms with Gasteiger partial charge >= 0.3 is 6.18 Å². The number of rotatable bonds is 2. The van der Waals surface area contributed by atoms with Crippen LogP contribution in [-0.4, -0.2) is 0 Å². The summed E-state index contributed by atoms with van der Waals surface area (Å²) in [6, 6.07) is 5.28. The molecule has 0 aliphatic heterocycles. The van der Waals surface area contributed by atoms with Gasteiger partial charge in [-0.25, -0.2) is 0 Å². The third kappa shape index (κ3) is 6.41. The van der Waals surface area contributed by atoms with Gasteiger partial charge in [0, 0.05) is 0 Å². The zero-order valence-electron chi connectivity index (χ0n) is 14.2. The minimum atomic E-state index is -4.23. The van der Waals surface area contributed by atoms with Crippen LogP contribution in [0.3, 0.4) is 0 Å². The first-order valence-corrected chi connectivity index (χ1v) is 8.39. The lowest BCUT2D eigenvalue weighted by Gasteiger charge is -2.24. The van der Waals surface area contributed by atoms with Gasteiger partial charge in [-0.3, -0.25) is 0 Å². The van der Waals surface area contributed by atoms with Crippen molar-refractivity contribution in [1.29, 1.82) is 0 Å². The summed E-state index contributed by atoms with van der Waals surface area (Å²) in [5.41, 5.74) is 0.338. The minimum absolute atomic E-state index is 0.266. The van der Waals surface area contributed by atoms with Gasteiger partial charge in [-0.15, -0.1) is 0 Å². The summed E-state index contributed by atoms with van der Waals surface area (Å²) in [4.78, 5) is 0. The van der Waals surface area contributed by atoms with Crippen LogP contribution >= 0.6 is 0 Å². The molecule has 1 saturated carbocycles. The Bertz CT molecular complexity index is 409. The van der Waals surface area contributed by atoms with Gasteiger partial charge in [0.15, 0.2) is 0 Å². The Hall–Kier alpha value is -0.990. The summed E-state index contributed by atoms with van der Waals surface area (Å²) in [7, 11) is 0. The van der Waals surface area contributed by atoms with Crippen molar-refractivity contribution in [1.82, 2.24) is 0 Å². The Balaban J connectivity index is 0.000000235. The van der Waals surface area contributed by atoms with E-state index in [1.165, 1.54) is 44.2 Å². The largest absolute Gasteiger partial charge is 0.416 e. The van der Waals surface area contributed by atoms with E-state index < -0.39 is 11.7 Å². The van der Waals surface area contributed by atoms with E-state index in [0.717, 1.165) is 29.5 Å². The number of benzene rings is 1. The van der Waals surface area contributed by atoms with Crippen LogP contribution in [0.1, 0.15) is 76.8 Å². The lowest BCUT2D eigenvalue weighted by atomic mass is 9.82. The van der Waals surface area contributed by atoms with Crippen molar-refractivity contribution in [3.05, 3.63) is 35.4 Å². The molecule has 0 N–H and O–H groups in total. The molecule has 126 valence electrons. The monoisotopic (exact) mass is 314 g/mol. The van der Waals surface area contributed by atoms with Crippen LogP contribution in [-0.2, 0) is 6.18 Å². The second-order valence-electron chi connectivity index (χ2n) is 6.92. The van der Waals surface area contributed by atoms with Gasteiger partial charge < -0.3 is 0 Å². The summed E-state index contributed by atoms with van der Waals surface area (Å²) >= 11 is 0. The molecule has 0 heterocycles. The van der Waals surface area contributed by atoms with E-state index in [1.54, 1.807) is 0 Å². The standard InChI is InChI=1S/C10H11F3.C9H18/c1-7(2)8-3-5-9(6-4-8)10(11,12)13;1-8(2)9-6-4-3-5-7-9/h3-7H,1-2H3;8-9H,3-7H2,1-2H3. The van der Waals surface area contributed by atoms with E-state index in [0.29, 0.717) is 0 Å². The Kier molecular flexibility index (Phi) is 7.44. The smallest absolute Gasteiger partial charge is 0.166 e. The van der Waals surface area contributed by atoms with Crippen LogP contribution in [0, 0.1) is 11.8 Å². The van der Waals surface area contributed by atoms with Crippen LogP contribution in [0.4, 0.5) is 13.2 Å². The molecule has 0 atom stereocenters. The highest BCUT2D eigenvalue weighted by atomic mass is 19.4. The molecule has 1 aromatic carbocycles. The molecule has 22 heavy (non-hydrogen) atoms. The van der Waals surface area contributed by atoms with Gasteiger partial charge in [-0.2, -0.15) is 13.2 Å². The van der Waals surface area contributed by atoms with Crippen molar-refractivity contribution >= 4 is 0 Å². The molecule has 3 heteroatoms. The first-order valence-electron chi connectivity index (χ1n) is 8.39. The van der Waals surface area contributed by atoms with Crippen molar-refractivity contribution in [3.63, 3.8) is 0 Å². The molecule has 0 nitrogen and oxygen atoms in total. The van der Waals surface area contributed by atoms with Crippen LogP contribution < -0.4 is 0 Å². The van der Waals surface area contributed by atoms with E-state index in [4.69, 9.17) is 0 Å². The Morgan fingerprint density at radius 2 is 1.36 bits per heavy atom. The molecule has 0 radical (unpaired) electrons. The number of hydrogen-bond donors (Lipinski definition) is 0. The quantitative estimate of drug-likeness (QED) is 0.548. The average Bonchev–Trinajstić information content (AvgIpc) is 2.48. The van der Waals surface area contributed by atoms with E-state index in [-0.39, 0.29) is 5.92 Å². The molecule has 1 aliphatic rings. The lowest BCUT2D eigenvalue weighted by molar-refractivity contribution is -0.137. The summed E-state index contributed by atoms with van der Waals surface area (Å²) in [6.07, 6.45) is 3.24. The molecule has 2 rings (SSSR count). The molecule has 0 unspecified atom stereocenters. The molecule has 1 fully saturated rings. The number of halogens is 3. The van der Waals surface area contributed by atoms with Gasteiger partial charge in [0.2, 0.25) is 0 Å². The zero-order valence-corrected chi connectivity index (χ0v) is 14.2. The Morgan fingerprint density at radius 3 is 1.68 bits per heavy atom. The molecule has 0 bridgehead atoms. The normalized spacial score (nSPS) is 16.6. The maximum atomic E-state index is 12.1. The molecule has 0 aromatic heterocycles. The molecule has 0 saturated heterocycles. The van der Waals surface area contributed by atoms with E-state index in [9.17, 15) is 13.2 Å². The highest BCUT2D eigenvalue weighted by Crippen LogP contribution is 2.30. The fraction of sp³-hybridized carbons (Fsp3) is 0.684. The second kappa shape index (κ2) is 8.59. The predicted molar refractivity (Wildman–Crippen MR) is 86.9 cm³/mol. The molecular formula is C19H29F3. The van der Waals surface area contributed by atoms with Gasteiger partial charge in [0.05, 0.1) is 5.56 Å². The third-order valence-electron chi connectivity index (χ3n) is 4.50. The topological polar surface area (TPSA) is 0 Å². The predicted octanol–water partition coefficient (Wildman–Crippen LogP) is 7.05. The molecule has 0 spiro atoms. The van der Waals surface area contributed by atoms with Crippen LogP contribution in [0.25, 0.3) is 0 Å². The van der Waals surface area contributed by atoms with Crippen molar-refractivity contribution in [2.75, 3.05) is 0 Å². The summed E-state index contributed by atoms with van der Waals surface area (Å²) in [5, 5.41) is 0. The summed E-state index contributed by atoms with van der Waals surface area (Å²) in [5.74, 6) is 2.26. The molecule has 0 amide bonds. The second-order valence-corrected chi connectivity index (χ2v) is 6.92. The lowest BCUT2D eigenvalue weighted by Crippen LogP contribution is -2.12. The summed E-state index contributed by atoms with van der Waals surface area (Å²) < 4.78 is 36.4. The number of hydrogen-bond acceptors (Lipinski definition) is 0. The van der Waals surface area contributed by atoms with E-state index in [1.807, 2.05) is 13.8 Å². The highest BCUT2D eigenvalue weighted by molar-refractivity contribution is 5.26. The fourth-order valence-corrected chi connectivity index (χ4v) is 2.86. The van der Waals surface area contributed by atoms with Crippen molar-refractivity contribution in [2.45, 2.75) is 71.9 Å². The number of alkyl halides is 3. The van der Waals surface area contributed by atoms with Crippen molar-refractivity contribution in [2.24, 2.45) is 11.8 Å². The van der Waals surface area contributed by atoms with Gasteiger partial charge in [0.25, 0.3) is 0 Å². The maximum absolute atomic E-state index is 12.1. The van der Waals surface area contributed by atoms with Crippen molar-refractivity contribution < 1.29 is 13.2 Å². The maximum Gasteiger partial charge on any atom is 0.416 e. The van der Waals surface area contributed by atoms with Gasteiger partial charge in [-0.05, 0) is 35.4 Å². The first kappa shape index (κ1) is 19.1. The first-order chi connectivity index (χ1) is 10.2. The average molecular weight is 314 g/mol. The van der Waals surface area contributed by atoms with Gasteiger partial charge in [0.1, 0.15) is 0 Å². The SMILES string of the molecule is CC(C)C1CCCCC1.CC(C)c1ccc(C(F)(F)F)cc1. The van der Waals surface area contributed by atoms with Crippen molar-refractivity contribution in [3.8, 4) is 0 Å². The van der Waals surface area contributed by atoms with Crippen LogP contribution in [0.5, 0.6) is 0 Å². The molecular weight excluding hydrogens is 285 g/mol. The third-order valence-corrected chi connectivity index (χ3v) is 4.50. The van der Waals surface area contributed by atoms with E-state index >= 15 is 0 Å². The Labute approximate surface area is 133 Å². The zero-order chi connectivity index (χ0) is 16.8. The minimum Gasteiger partial charge on any atom is -0.166 e. The molecule has 1 aromatic rings. The summed E-state index contributed by atoms with van der Waals surface area (Å²) in [6.45, 7) is 8.61. The fourth-order valence-electron chi connectivity index (χ4n) is 2.86. The van der Waals surface area contributed by atoms with Crippen LogP contribution in [0.15, 0.2) is 24.3 Å². The molecule has 1 aliphatic carbocycles. The Morgan fingerprint density at radius 1 is 0.864 bits per heavy atom.